The molecule has 0 aliphatic rings. The number of nitrogens with zero attached hydrogens (tertiary/aromatic N) is 2. The van der Waals surface area contributed by atoms with Crippen LogP contribution in [0.2, 0.25) is 5.02 Å². The van der Waals surface area contributed by atoms with E-state index in [2.05, 4.69) is 15.3 Å². The fraction of sp³-hybridized carbons (Fsp3) is 0.167. The second-order valence-electron chi connectivity index (χ2n) is 3.84. The van der Waals surface area contributed by atoms with Crippen molar-refractivity contribution < 1.29 is 4.39 Å². The molecule has 0 bridgehead atoms. The van der Waals surface area contributed by atoms with E-state index in [1.165, 1.54) is 12.1 Å². The quantitative estimate of drug-likeness (QED) is 0.897. The molecule has 0 aliphatic heterocycles. The lowest BCUT2D eigenvalue weighted by Crippen LogP contribution is -2.05. The molecule has 2 aromatic rings. The lowest BCUT2D eigenvalue weighted by atomic mass is 10.2. The lowest BCUT2D eigenvalue weighted by molar-refractivity contribution is 0.627. The minimum absolute atomic E-state index is 0.211. The maximum atomic E-state index is 12.9. The van der Waals surface area contributed by atoms with Gasteiger partial charge in [0.05, 0.1) is 0 Å². The van der Waals surface area contributed by atoms with Crippen LogP contribution in [-0.4, -0.2) is 9.97 Å². The van der Waals surface area contributed by atoms with Crippen LogP contribution in [0.4, 0.5) is 16.2 Å². The summed E-state index contributed by atoms with van der Waals surface area (Å²) in [7, 11) is 0. The van der Waals surface area contributed by atoms with Crippen molar-refractivity contribution in [2.24, 2.45) is 0 Å². The van der Waals surface area contributed by atoms with Crippen molar-refractivity contribution in [1.82, 2.24) is 9.97 Å². The largest absolute Gasteiger partial charge is 0.368 e. The highest BCUT2D eigenvalue weighted by molar-refractivity contribution is 6.31. The van der Waals surface area contributed by atoms with Crippen LogP contribution < -0.4 is 11.1 Å². The van der Waals surface area contributed by atoms with Crippen molar-refractivity contribution in [3.8, 4) is 0 Å². The summed E-state index contributed by atoms with van der Waals surface area (Å²) < 4.78 is 12.9. The van der Waals surface area contributed by atoms with Gasteiger partial charge in [-0.25, -0.2) is 9.37 Å². The molecule has 3 N–H and O–H groups in total. The molecule has 4 nitrogen and oxygen atoms in total. The fourth-order valence-corrected chi connectivity index (χ4v) is 1.77. The number of halogens is 2. The zero-order chi connectivity index (χ0) is 13.1. The van der Waals surface area contributed by atoms with Gasteiger partial charge in [0.2, 0.25) is 5.95 Å². The minimum Gasteiger partial charge on any atom is -0.368 e. The molecule has 0 saturated heterocycles. The van der Waals surface area contributed by atoms with E-state index < -0.39 is 0 Å². The molecule has 0 unspecified atom stereocenters. The second kappa shape index (κ2) is 5.18. The van der Waals surface area contributed by atoms with E-state index in [9.17, 15) is 4.39 Å². The highest BCUT2D eigenvalue weighted by Crippen LogP contribution is 2.18. The van der Waals surface area contributed by atoms with Gasteiger partial charge < -0.3 is 11.1 Å². The maximum Gasteiger partial charge on any atom is 0.222 e. The van der Waals surface area contributed by atoms with Gasteiger partial charge in [-0.05, 0) is 24.6 Å². The summed E-state index contributed by atoms with van der Waals surface area (Å²) in [5.74, 6) is 0.467. The summed E-state index contributed by atoms with van der Waals surface area (Å²) in [4.78, 5) is 8.00. The number of anilines is 2. The molecule has 1 heterocycles. The van der Waals surface area contributed by atoms with Crippen LogP contribution in [0.1, 0.15) is 11.3 Å². The Balaban J connectivity index is 2.11. The molecule has 2 rings (SSSR count). The normalized spacial score (nSPS) is 10.4. The molecular weight excluding hydrogens is 255 g/mol. The third kappa shape index (κ3) is 3.07. The number of hydrogen-bond donors (Lipinski definition) is 2. The summed E-state index contributed by atoms with van der Waals surface area (Å²) in [6.07, 6.45) is 0. The van der Waals surface area contributed by atoms with E-state index in [0.717, 1.165) is 11.3 Å². The van der Waals surface area contributed by atoms with Gasteiger partial charge in [0.15, 0.2) is 0 Å². The van der Waals surface area contributed by atoms with E-state index in [1.54, 1.807) is 12.1 Å². The SMILES string of the molecule is Cc1cc(NCc2ccc(F)cc2Cl)nc(N)n1. The first-order valence-corrected chi connectivity index (χ1v) is 5.71. The van der Waals surface area contributed by atoms with Crippen LogP contribution in [0.5, 0.6) is 0 Å². The predicted octanol–water partition coefficient (Wildman–Crippen LogP) is 2.77. The van der Waals surface area contributed by atoms with Crippen LogP contribution in [0.25, 0.3) is 0 Å². The molecule has 0 spiro atoms. The monoisotopic (exact) mass is 266 g/mol. The predicted molar refractivity (Wildman–Crippen MR) is 69.9 cm³/mol. The minimum atomic E-state index is -0.356. The molecule has 0 amide bonds. The third-order valence-electron chi connectivity index (χ3n) is 2.35. The smallest absolute Gasteiger partial charge is 0.222 e. The number of nitrogens with one attached hydrogen (secondary N) is 1. The summed E-state index contributed by atoms with van der Waals surface area (Å²) in [5, 5.41) is 3.44. The molecule has 1 aromatic carbocycles. The number of aryl methyl sites for hydroxylation is 1. The number of benzene rings is 1. The maximum absolute atomic E-state index is 12.9. The van der Waals surface area contributed by atoms with E-state index in [1.807, 2.05) is 6.92 Å². The molecule has 0 saturated carbocycles. The van der Waals surface area contributed by atoms with Gasteiger partial charge in [0.1, 0.15) is 11.6 Å². The Hall–Kier alpha value is -1.88. The van der Waals surface area contributed by atoms with Crippen molar-refractivity contribution in [2.45, 2.75) is 13.5 Å². The van der Waals surface area contributed by atoms with Crippen LogP contribution in [0.15, 0.2) is 24.3 Å². The van der Waals surface area contributed by atoms with Gasteiger partial charge in [0.25, 0.3) is 0 Å². The Morgan fingerprint density at radius 2 is 2.11 bits per heavy atom. The number of nitrogen functional groups attached to an aromatic ring is 1. The molecule has 0 atom stereocenters. The summed E-state index contributed by atoms with van der Waals surface area (Å²) in [6, 6.07) is 6.04. The fourth-order valence-electron chi connectivity index (χ4n) is 1.53. The van der Waals surface area contributed by atoms with Gasteiger partial charge in [-0.1, -0.05) is 17.7 Å². The van der Waals surface area contributed by atoms with Crippen molar-refractivity contribution in [2.75, 3.05) is 11.1 Å². The molecular formula is C12H12ClFN4. The Morgan fingerprint density at radius 3 is 2.78 bits per heavy atom. The summed E-state index contributed by atoms with van der Waals surface area (Å²) in [5.41, 5.74) is 7.10. The summed E-state index contributed by atoms with van der Waals surface area (Å²) in [6.45, 7) is 2.27. The summed E-state index contributed by atoms with van der Waals surface area (Å²) >= 11 is 5.92. The van der Waals surface area contributed by atoms with E-state index in [-0.39, 0.29) is 11.8 Å². The van der Waals surface area contributed by atoms with Gasteiger partial charge in [-0.2, -0.15) is 4.98 Å². The van der Waals surface area contributed by atoms with Gasteiger partial charge >= 0.3 is 0 Å². The average Bonchev–Trinajstić information content (AvgIpc) is 2.26. The van der Waals surface area contributed by atoms with Crippen molar-refractivity contribution in [3.05, 3.63) is 46.4 Å². The van der Waals surface area contributed by atoms with E-state index >= 15 is 0 Å². The second-order valence-corrected chi connectivity index (χ2v) is 4.25. The first-order chi connectivity index (χ1) is 8.54. The van der Waals surface area contributed by atoms with Gasteiger partial charge in [-0.3, -0.25) is 0 Å². The van der Waals surface area contributed by atoms with Gasteiger partial charge in [-0.15, -0.1) is 0 Å². The molecule has 0 aliphatic carbocycles. The van der Waals surface area contributed by atoms with Crippen LogP contribution >= 0.6 is 11.6 Å². The topological polar surface area (TPSA) is 63.8 Å². The molecule has 6 heteroatoms. The number of aromatic nitrogens is 2. The third-order valence-corrected chi connectivity index (χ3v) is 2.70. The van der Waals surface area contributed by atoms with Crippen LogP contribution in [0, 0.1) is 12.7 Å². The Labute approximate surface area is 109 Å². The number of hydrogen-bond acceptors (Lipinski definition) is 4. The first kappa shape index (κ1) is 12.6. The molecule has 1 aromatic heterocycles. The molecule has 94 valence electrons. The highest BCUT2D eigenvalue weighted by atomic mass is 35.5. The molecule has 0 radical (unpaired) electrons. The van der Waals surface area contributed by atoms with Gasteiger partial charge in [0, 0.05) is 23.3 Å². The standard InChI is InChI=1S/C12H12ClFN4/c1-7-4-11(18-12(15)17-7)16-6-8-2-3-9(14)5-10(8)13/h2-5H,6H2,1H3,(H3,15,16,17,18). The Bertz CT molecular complexity index is 554. The highest BCUT2D eigenvalue weighted by Gasteiger charge is 2.03. The van der Waals surface area contributed by atoms with Crippen LogP contribution in [0.3, 0.4) is 0 Å². The van der Waals surface area contributed by atoms with E-state index in [4.69, 9.17) is 17.3 Å². The Morgan fingerprint density at radius 1 is 1.33 bits per heavy atom. The van der Waals surface area contributed by atoms with Crippen molar-refractivity contribution in [1.29, 1.82) is 0 Å². The zero-order valence-corrected chi connectivity index (χ0v) is 10.5. The first-order valence-electron chi connectivity index (χ1n) is 5.33. The van der Waals surface area contributed by atoms with Crippen molar-refractivity contribution in [3.63, 3.8) is 0 Å². The average molecular weight is 267 g/mol. The lowest BCUT2D eigenvalue weighted by Gasteiger charge is -2.08. The zero-order valence-electron chi connectivity index (χ0n) is 9.74. The Kier molecular flexibility index (Phi) is 3.62. The number of nitrogens with two attached hydrogens (primary N) is 1. The van der Waals surface area contributed by atoms with E-state index in [0.29, 0.717) is 17.4 Å². The molecule has 0 fully saturated rings. The number of rotatable bonds is 3. The molecule has 18 heavy (non-hydrogen) atoms. The van der Waals surface area contributed by atoms with Crippen molar-refractivity contribution >= 4 is 23.4 Å². The van der Waals surface area contributed by atoms with Crippen LogP contribution in [-0.2, 0) is 6.54 Å².